The third kappa shape index (κ3) is 5.00. The summed E-state index contributed by atoms with van der Waals surface area (Å²) in [6.45, 7) is 2.01. The summed E-state index contributed by atoms with van der Waals surface area (Å²) in [6.07, 6.45) is 5.33. The van der Waals surface area contributed by atoms with Crippen LogP contribution in [0.5, 0.6) is 11.5 Å². The Hall–Kier alpha value is -2.99. The van der Waals surface area contributed by atoms with E-state index in [4.69, 9.17) is 9.47 Å². The first-order valence-corrected chi connectivity index (χ1v) is 8.37. The van der Waals surface area contributed by atoms with Crippen LogP contribution in [0.25, 0.3) is 0 Å². The van der Waals surface area contributed by atoms with Crippen LogP contribution in [0.1, 0.15) is 17.1 Å². The minimum Gasteiger partial charge on any atom is -0.497 e. The van der Waals surface area contributed by atoms with Crippen LogP contribution in [-0.2, 0) is 19.6 Å². The van der Waals surface area contributed by atoms with Gasteiger partial charge in [0.15, 0.2) is 0 Å². The largest absolute Gasteiger partial charge is 0.497 e. The van der Waals surface area contributed by atoms with Crippen molar-refractivity contribution in [2.75, 3.05) is 14.2 Å². The third-order valence-electron chi connectivity index (χ3n) is 3.93. The van der Waals surface area contributed by atoms with E-state index < -0.39 is 0 Å². The molecule has 3 heterocycles. The maximum Gasteiger partial charge on any atom is 0.122 e. The van der Waals surface area contributed by atoms with Gasteiger partial charge < -0.3 is 9.47 Å². The molecular formula is C20H22N4O2. The van der Waals surface area contributed by atoms with Crippen LogP contribution in [0, 0.1) is 0 Å². The first-order valence-electron chi connectivity index (χ1n) is 8.37. The van der Waals surface area contributed by atoms with Gasteiger partial charge in [-0.25, -0.2) is 0 Å². The second-order valence-corrected chi connectivity index (χ2v) is 5.84. The Morgan fingerprint density at radius 1 is 0.692 bits per heavy atom. The highest BCUT2D eigenvalue weighted by atomic mass is 16.5. The van der Waals surface area contributed by atoms with Gasteiger partial charge >= 0.3 is 0 Å². The number of aromatic nitrogens is 3. The van der Waals surface area contributed by atoms with Gasteiger partial charge in [-0.1, -0.05) is 6.07 Å². The standard InChI is InChI=1S/C20H22N4O2/c1-25-19-6-9-22-17(11-19)14-24(13-16-5-3-4-8-21-16)15-18-12-20(26-2)7-10-23-18/h3-12H,13-15H2,1-2H3. The summed E-state index contributed by atoms with van der Waals surface area (Å²) < 4.78 is 10.6. The van der Waals surface area contributed by atoms with Crippen molar-refractivity contribution in [3.8, 4) is 11.5 Å². The molecule has 3 aromatic heterocycles. The fraction of sp³-hybridized carbons (Fsp3) is 0.250. The van der Waals surface area contributed by atoms with Crippen LogP contribution in [0.2, 0.25) is 0 Å². The first kappa shape index (κ1) is 17.8. The Balaban J connectivity index is 1.80. The molecule has 134 valence electrons. The minimum absolute atomic E-state index is 0.659. The molecule has 6 nitrogen and oxygen atoms in total. The van der Waals surface area contributed by atoms with Crippen molar-refractivity contribution in [3.05, 3.63) is 78.1 Å². The van der Waals surface area contributed by atoms with Crippen molar-refractivity contribution in [3.63, 3.8) is 0 Å². The zero-order valence-corrected chi connectivity index (χ0v) is 15.0. The molecule has 0 spiro atoms. The molecule has 0 radical (unpaired) electrons. The highest BCUT2D eigenvalue weighted by molar-refractivity contribution is 5.24. The molecule has 0 aliphatic rings. The van der Waals surface area contributed by atoms with E-state index in [1.54, 1.807) is 32.8 Å². The number of rotatable bonds is 8. The van der Waals surface area contributed by atoms with Crippen LogP contribution in [0.3, 0.4) is 0 Å². The molecular weight excluding hydrogens is 328 g/mol. The molecule has 0 saturated carbocycles. The first-order chi connectivity index (χ1) is 12.8. The maximum absolute atomic E-state index is 5.30. The number of hydrogen-bond donors (Lipinski definition) is 0. The number of ether oxygens (including phenoxy) is 2. The lowest BCUT2D eigenvalue weighted by Crippen LogP contribution is -2.24. The van der Waals surface area contributed by atoms with Crippen LogP contribution in [0.4, 0.5) is 0 Å². The fourth-order valence-corrected chi connectivity index (χ4v) is 2.69. The van der Waals surface area contributed by atoms with Crippen molar-refractivity contribution >= 4 is 0 Å². The predicted molar refractivity (Wildman–Crippen MR) is 98.8 cm³/mol. The molecule has 0 fully saturated rings. The van der Waals surface area contributed by atoms with Gasteiger partial charge in [-0.2, -0.15) is 0 Å². The lowest BCUT2D eigenvalue weighted by atomic mass is 10.2. The second-order valence-electron chi connectivity index (χ2n) is 5.84. The Kier molecular flexibility index (Phi) is 6.11. The highest BCUT2D eigenvalue weighted by Crippen LogP contribution is 2.17. The van der Waals surface area contributed by atoms with E-state index in [0.717, 1.165) is 28.6 Å². The van der Waals surface area contributed by atoms with E-state index in [1.165, 1.54) is 0 Å². The monoisotopic (exact) mass is 350 g/mol. The molecule has 3 rings (SSSR count). The van der Waals surface area contributed by atoms with Crippen molar-refractivity contribution in [2.45, 2.75) is 19.6 Å². The molecule has 0 aliphatic heterocycles. The van der Waals surface area contributed by atoms with Crippen molar-refractivity contribution in [1.29, 1.82) is 0 Å². The molecule has 3 aromatic rings. The number of hydrogen-bond acceptors (Lipinski definition) is 6. The van der Waals surface area contributed by atoms with Crippen LogP contribution in [-0.4, -0.2) is 34.1 Å². The second kappa shape index (κ2) is 8.92. The van der Waals surface area contributed by atoms with Gasteiger partial charge in [0.1, 0.15) is 11.5 Å². The predicted octanol–water partition coefficient (Wildman–Crippen LogP) is 3.09. The SMILES string of the molecule is COc1ccnc(CN(Cc2ccccn2)Cc2cc(OC)ccn2)c1. The Morgan fingerprint density at radius 2 is 1.23 bits per heavy atom. The van der Waals surface area contributed by atoms with E-state index >= 15 is 0 Å². The molecule has 0 amide bonds. The van der Waals surface area contributed by atoms with E-state index in [9.17, 15) is 0 Å². The summed E-state index contributed by atoms with van der Waals surface area (Å²) in [5, 5.41) is 0. The molecule has 0 aromatic carbocycles. The number of pyridine rings is 3. The van der Waals surface area contributed by atoms with Gasteiger partial charge in [0.2, 0.25) is 0 Å². The summed E-state index contributed by atoms with van der Waals surface area (Å²) >= 11 is 0. The van der Waals surface area contributed by atoms with Gasteiger partial charge in [-0.05, 0) is 24.3 Å². The molecule has 6 heteroatoms. The number of nitrogens with zero attached hydrogens (tertiary/aromatic N) is 4. The Bertz CT molecular complexity index is 777. The summed E-state index contributed by atoms with van der Waals surface area (Å²) in [6, 6.07) is 13.5. The summed E-state index contributed by atoms with van der Waals surface area (Å²) in [4.78, 5) is 15.6. The van der Waals surface area contributed by atoms with Gasteiger partial charge in [0, 0.05) is 50.4 Å². The molecule has 0 unspecified atom stereocenters. The highest BCUT2D eigenvalue weighted by Gasteiger charge is 2.12. The normalized spacial score (nSPS) is 10.7. The Labute approximate surface area is 153 Å². The van der Waals surface area contributed by atoms with Crippen LogP contribution >= 0.6 is 0 Å². The molecule has 0 atom stereocenters. The van der Waals surface area contributed by atoms with E-state index in [2.05, 4.69) is 19.9 Å². The average molecular weight is 350 g/mol. The molecule has 26 heavy (non-hydrogen) atoms. The van der Waals surface area contributed by atoms with E-state index in [1.807, 2.05) is 42.5 Å². The zero-order valence-electron chi connectivity index (χ0n) is 15.0. The minimum atomic E-state index is 0.659. The van der Waals surface area contributed by atoms with Crippen molar-refractivity contribution < 1.29 is 9.47 Å². The van der Waals surface area contributed by atoms with E-state index in [0.29, 0.717) is 19.6 Å². The van der Waals surface area contributed by atoms with Gasteiger partial charge in [-0.3, -0.25) is 19.9 Å². The average Bonchev–Trinajstić information content (AvgIpc) is 2.69. The smallest absolute Gasteiger partial charge is 0.122 e. The zero-order chi connectivity index (χ0) is 18.2. The Morgan fingerprint density at radius 3 is 1.73 bits per heavy atom. The molecule has 0 aliphatic carbocycles. The fourth-order valence-electron chi connectivity index (χ4n) is 2.69. The lowest BCUT2D eigenvalue weighted by molar-refractivity contribution is 0.238. The van der Waals surface area contributed by atoms with Crippen molar-refractivity contribution in [2.24, 2.45) is 0 Å². The van der Waals surface area contributed by atoms with Gasteiger partial charge in [0.05, 0.1) is 31.3 Å². The quantitative estimate of drug-likeness (QED) is 0.622. The molecule has 0 bridgehead atoms. The van der Waals surface area contributed by atoms with E-state index in [-0.39, 0.29) is 0 Å². The van der Waals surface area contributed by atoms with Crippen molar-refractivity contribution in [1.82, 2.24) is 19.9 Å². The topological polar surface area (TPSA) is 60.4 Å². The number of methoxy groups -OCH3 is 2. The van der Waals surface area contributed by atoms with Gasteiger partial charge in [-0.15, -0.1) is 0 Å². The summed E-state index contributed by atoms with van der Waals surface area (Å²) in [5.74, 6) is 1.60. The molecule has 0 N–H and O–H groups in total. The summed E-state index contributed by atoms with van der Waals surface area (Å²) in [7, 11) is 3.32. The van der Waals surface area contributed by atoms with Crippen LogP contribution in [0.15, 0.2) is 61.1 Å². The summed E-state index contributed by atoms with van der Waals surface area (Å²) in [5.41, 5.74) is 2.87. The maximum atomic E-state index is 5.30. The van der Waals surface area contributed by atoms with Crippen LogP contribution < -0.4 is 9.47 Å². The van der Waals surface area contributed by atoms with Gasteiger partial charge in [0.25, 0.3) is 0 Å². The lowest BCUT2D eigenvalue weighted by Gasteiger charge is -2.21. The molecule has 0 saturated heterocycles. The third-order valence-corrected chi connectivity index (χ3v) is 3.93.